The maximum absolute atomic E-state index is 10.1. The highest BCUT2D eigenvalue weighted by molar-refractivity contribution is 9.10. The van der Waals surface area contributed by atoms with Gasteiger partial charge in [-0.3, -0.25) is 4.40 Å². The maximum Gasteiger partial charge on any atom is 0.231 e. The van der Waals surface area contributed by atoms with Crippen molar-refractivity contribution < 1.29 is 9.47 Å². The molecule has 0 fully saturated rings. The van der Waals surface area contributed by atoms with Crippen molar-refractivity contribution >= 4 is 44.8 Å². The monoisotopic (exact) mass is 493 g/mol. The molecule has 3 heterocycles. The smallest absolute Gasteiger partial charge is 0.231 e. The van der Waals surface area contributed by atoms with Crippen LogP contribution in [0.5, 0.6) is 11.5 Å². The van der Waals surface area contributed by atoms with Crippen LogP contribution in [0.4, 0.5) is 0 Å². The van der Waals surface area contributed by atoms with E-state index < -0.39 is 0 Å². The summed E-state index contributed by atoms with van der Waals surface area (Å²) in [6.07, 6.45) is 3.93. The molecule has 0 aliphatic carbocycles. The molecule has 6 rings (SSSR count). The van der Waals surface area contributed by atoms with Crippen LogP contribution in [0.2, 0.25) is 0 Å². The normalized spacial score (nSPS) is 12.6. The molecule has 0 atom stereocenters. The van der Waals surface area contributed by atoms with E-state index in [1.165, 1.54) is 0 Å². The Labute approximate surface area is 198 Å². The first-order valence-electron chi connectivity index (χ1n) is 10.4. The van der Waals surface area contributed by atoms with E-state index >= 15 is 0 Å². The Balaban J connectivity index is 1.58. The summed E-state index contributed by atoms with van der Waals surface area (Å²) in [5.74, 6) is 1.47. The van der Waals surface area contributed by atoms with Crippen molar-refractivity contribution in [2.75, 3.05) is 6.79 Å². The second-order valence-electron chi connectivity index (χ2n) is 7.68. The van der Waals surface area contributed by atoms with Crippen LogP contribution < -0.4 is 9.47 Å². The molecule has 0 N–H and O–H groups in total. The van der Waals surface area contributed by atoms with Crippen LogP contribution in [0, 0.1) is 11.3 Å². The molecule has 0 unspecified atom stereocenters. The average Bonchev–Trinajstić information content (AvgIpc) is 3.47. The number of rotatable bonds is 3. The number of aromatic nitrogens is 2. The van der Waals surface area contributed by atoms with E-state index in [2.05, 4.69) is 38.5 Å². The summed E-state index contributed by atoms with van der Waals surface area (Å²) in [7, 11) is 0. The van der Waals surface area contributed by atoms with Crippen molar-refractivity contribution in [2.45, 2.75) is 0 Å². The molecular formula is C27H16BrN3O2. The van der Waals surface area contributed by atoms with Crippen LogP contribution in [0.1, 0.15) is 16.7 Å². The van der Waals surface area contributed by atoms with Crippen LogP contribution in [-0.2, 0) is 0 Å². The van der Waals surface area contributed by atoms with Crippen LogP contribution in [0.15, 0.2) is 77.3 Å². The van der Waals surface area contributed by atoms with Crippen molar-refractivity contribution in [3.63, 3.8) is 0 Å². The Morgan fingerprint density at radius 1 is 0.939 bits per heavy atom. The van der Waals surface area contributed by atoms with E-state index in [9.17, 15) is 5.26 Å². The van der Waals surface area contributed by atoms with Gasteiger partial charge >= 0.3 is 0 Å². The standard InChI is InChI=1S/C27H16BrN3O2/c28-20-10-8-18(9-11-20)24-14-19(7-5-17-6-12-25-26(13-17)33-16-32-25)21(15-29)27-30-22-3-1-2-4-23(22)31(24)27/h1-14H,16H2. The number of imidazole rings is 1. The van der Waals surface area contributed by atoms with Crippen molar-refractivity contribution in [3.05, 3.63) is 94.0 Å². The largest absolute Gasteiger partial charge is 0.454 e. The summed E-state index contributed by atoms with van der Waals surface area (Å²) in [4.78, 5) is 4.81. The van der Waals surface area contributed by atoms with E-state index in [4.69, 9.17) is 14.5 Å². The second-order valence-corrected chi connectivity index (χ2v) is 8.60. The minimum atomic E-state index is 0.238. The lowest BCUT2D eigenvalue weighted by atomic mass is 10.0. The van der Waals surface area contributed by atoms with Gasteiger partial charge in [-0.05, 0) is 59.2 Å². The lowest BCUT2D eigenvalue weighted by Crippen LogP contribution is -1.98. The fraction of sp³-hybridized carbons (Fsp3) is 0.0370. The Bertz CT molecular complexity index is 1610. The Hall–Kier alpha value is -4.08. The fourth-order valence-electron chi connectivity index (χ4n) is 4.13. The molecular weight excluding hydrogens is 478 g/mol. The Morgan fingerprint density at radius 2 is 1.76 bits per heavy atom. The predicted octanol–water partition coefficient (Wildman–Crippen LogP) is 6.69. The minimum Gasteiger partial charge on any atom is -0.454 e. The van der Waals surface area contributed by atoms with E-state index in [0.717, 1.165) is 49.4 Å². The van der Waals surface area contributed by atoms with Crippen LogP contribution in [0.3, 0.4) is 0 Å². The van der Waals surface area contributed by atoms with Gasteiger partial charge in [0.2, 0.25) is 6.79 Å². The van der Waals surface area contributed by atoms with Gasteiger partial charge < -0.3 is 9.47 Å². The number of hydrogen-bond acceptors (Lipinski definition) is 4. The zero-order valence-corrected chi connectivity index (χ0v) is 18.9. The number of ether oxygens (including phenoxy) is 2. The molecule has 1 aliphatic heterocycles. The predicted molar refractivity (Wildman–Crippen MR) is 132 cm³/mol. The molecule has 0 radical (unpaired) electrons. The number of nitriles is 1. The molecule has 3 aromatic carbocycles. The number of benzene rings is 3. The third kappa shape index (κ3) is 3.34. The third-order valence-corrected chi connectivity index (χ3v) is 6.24. The lowest BCUT2D eigenvalue weighted by molar-refractivity contribution is 0.174. The van der Waals surface area contributed by atoms with Crippen molar-refractivity contribution in [2.24, 2.45) is 0 Å². The lowest BCUT2D eigenvalue weighted by Gasteiger charge is -2.11. The molecule has 33 heavy (non-hydrogen) atoms. The average molecular weight is 494 g/mol. The highest BCUT2D eigenvalue weighted by atomic mass is 79.9. The molecule has 6 heteroatoms. The van der Waals surface area contributed by atoms with Gasteiger partial charge in [-0.1, -0.05) is 58.4 Å². The van der Waals surface area contributed by atoms with Gasteiger partial charge in [0.15, 0.2) is 17.1 Å². The van der Waals surface area contributed by atoms with Gasteiger partial charge in [0.05, 0.1) is 16.7 Å². The van der Waals surface area contributed by atoms with Gasteiger partial charge in [0.1, 0.15) is 11.6 Å². The Morgan fingerprint density at radius 3 is 2.61 bits per heavy atom. The number of pyridine rings is 1. The molecule has 2 aromatic heterocycles. The van der Waals surface area contributed by atoms with E-state index in [1.807, 2.05) is 72.8 Å². The quantitative estimate of drug-likeness (QED) is 0.281. The van der Waals surface area contributed by atoms with Crippen molar-refractivity contribution in [3.8, 4) is 28.8 Å². The molecule has 0 spiro atoms. The highest BCUT2D eigenvalue weighted by Gasteiger charge is 2.17. The summed E-state index contributed by atoms with van der Waals surface area (Å²) < 4.78 is 14.0. The Kier molecular flexibility index (Phi) is 4.63. The molecule has 1 aliphatic rings. The zero-order valence-electron chi connectivity index (χ0n) is 17.3. The van der Waals surface area contributed by atoms with Crippen LogP contribution in [0.25, 0.3) is 40.1 Å². The molecule has 0 saturated heterocycles. The van der Waals surface area contributed by atoms with Crippen molar-refractivity contribution in [1.29, 1.82) is 5.26 Å². The molecule has 0 bridgehead atoms. The van der Waals surface area contributed by atoms with Gasteiger partial charge in [-0.15, -0.1) is 0 Å². The highest BCUT2D eigenvalue weighted by Crippen LogP contribution is 2.34. The van der Waals surface area contributed by atoms with Crippen LogP contribution >= 0.6 is 15.9 Å². The number of halogens is 1. The number of para-hydroxylation sites is 2. The first kappa shape index (κ1) is 19.6. The summed E-state index contributed by atoms with van der Waals surface area (Å²) in [6.45, 7) is 0.238. The van der Waals surface area contributed by atoms with Gasteiger partial charge in [0, 0.05) is 4.47 Å². The summed E-state index contributed by atoms with van der Waals surface area (Å²) in [5, 5.41) is 10.1. The molecule has 158 valence electrons. The molecule has 0 saturated carbocycles. The molecule has 5 aromatic rings. The van der Waals surface area contributed by atoms with Crippen LogP contribution in [-0.4, -0.2) is 16.2 Å². The van der Waals surface area contributed by atoms with E-state index in [-0.39, 0.29) is 6.79 Å². The summed E-state index contributed by atoms with van der Waals surface area (Å²) in [5.41, 5.74) is 6.76. The summed E-state index contributed by atoms with van der Waals surface area (Å²) >= 11 is 3.52. The first-order valence-corrected chi connectivity index (χ1v) is 11.2. The number of fused-ring (bicyclic) bond motifs is 4. The SMILES string of the molecule is N#Cc1c(C=Cc2ccc3c(c2)OCO3)cc(-c2ccc(Br)cc2)n2c1nc1ccccc12. The minimum absolute atomic E-state index is 0.238. The summed E-state index contributed by atoms with van der Waals surface area (Å²) in [6, 6.07) is 26.3. The maximum atomic E-state index is 10.1. The topological polar surface area (TPSA) is 59.5 Å². The first-order chi connectivity index (χ1) is 16.2. The molecule has 5 nitrogen and oxygen atoms in total. The van der Waals surface area contributed by atoms with E-state index in [0.29, 0.717) is 11.2 Å². The van der Waals surface area contributed by atoms with Gasteiger partial charge in [-0.2, -0.15) is 5.26 Å². The third-order valence-electron chi connectivity index (χ3n) is 5.71. The zero-order chi connectivity index (χ0) is 22.4. The van der Waals surface area contributed by atoms with Crippen molar-refractivity contribution in [1.82, 2.24) is 9.38 Å². The second kappa shape index (κ2) is 7.80. The molecule has 0 amide bonds. The van der Waals surface area contributed by atoms with Gasteiger partial charge in [-0.25, -0.2) is 4.98 Å². The van der Waals surface area contributed by atoms with E-state index in [1.54, 1.807) is 0 Å². The fourth-order valence-corrected chi connectivity index (χ4v) is 4.40. The van der Waals surface area contributed by atoms with Gasteiger partial charge in [0.25, 0.3) is 0 Å². The number of nitrogens with zero attached hydrogens (tertiary/aromatic N) is 3. The number of hydrogen-bond donors (Lipinski definition) is 0.